The second-order valence-corrected chi connectivity index (χ2v) is 4.14. The van der Waals surface area contributed by atoms with Gasteiger partial charge in [-0.25, -0.2) is 0 Å². The summed E-state index contributed by atoms with van der Waals surface area (Å²) in [6.07, 6.45) is 0. The molecule has 78 valence electrons. The summed E-state index contributed by atoms with van der Waals surface area (Å²) in [5, 5.41) is 9.11. The molecule has 0 fully saturated rings. The van der Waals surface area contributed by atoms with Gasteiger partial charge in [-0.05, 0) is 24.6 Å². The van der Waals surface area contributed by atoms with Crippen molar-refractivity contribution in [2.75, 3.05) is 12.8 Å². The molecule has 0 bridgehead atoms. The topological polar surface area (TPSA) is 61.0 Å². The van der Waals surface area contributed by atoms with Crippen LogP contribution in [0.25, 0.3) is 10.6 Å². The first-order valence-corrected chi connectivity index (χ1v) is 5.26. The molecule has 0 aliphatic rings. The van der Waals surface area contributed by atoms with Crippen LogP contribution in [0.2, 0.25) is 0 Å². The van der Waals surface area contributed by atoms with Gasteiger partial charge in [0.15, 0.2) is 0 Å². The minimum Gasteiger partial charge on any atom is -0.497 e. The van der Waals surface area contributed by atoms with Crippen LogP contribution in [-0.4, -0.2) is 17.3 Å². The predicted molar refractivity (Wildman–Crippen MR) is 61.0 cm³/mol. The van der Waals surface area contributed by atoms with Crippen LogP contribution < -0.4 is 10.5 Å². The first kappa shape index (κ1) is 9.92. The summed E-state index contributed by atoms with van der Waals surface area (Å²) < 4.78 is 5.16. The van der Waals surface area contributed by atoms with E-state index in [1.165, 1.54) is 11.3 Å². The van der Waals surface area contributed by atoms with E-state index in [4.69, 9.17) is 10.5 Å². The van der Waals surface area contributed by atoms with E-state index in [2.05, 4.69) is 10.2 Å². The van der Waals surface area contributed by atoms with Gasteiger partial charge < -0.3 is 10.5 Å². The number of anilines is 1. The van der Waals surface area contributed by atoms with Crippen LogP contribution in [-0.2, 0) is 0 Å². The smallest absolute Gasteiger partial charge is 0.203 e. The molecule has 0 atom stereocenters. The molecule has 1 aromatic heterocycles. The van der Waals surface area contributed by atoms with Crippen molar-refractivity contribution in [1.82, 2.24) is 10.2 Å². The number of nitrogen functional groups attached to an aromatic ring is 1. The van der Waals surface area contributed by atoms with Gasteiger partial charge in [0.05, 0.1) is 7.11 Å². The second kappa shape index (κ2) is 3.86. The number of benzene rings is 1. The number of hydrogen-bond donors (Lipinski definition) is 1. The van der Waals surface area contributed by atoms with Gasteiger partial charge in [0.1, 0.15) is 10.8 Å². The van der Waals surface area contributed by atoms with Crippen molar-refractivity contribution in [3.63, 3.8) is 0 Å². The Labute approximate surface area is 91.7 Å². The normalized spacial score (nSPS) is 10.3. The lowest BCUT2D eigenvalue weighted by atomic mass is 10.1. The van der Waals surface area contributed by atoms with Crippen LogP contribution in [0, 0.1) is 6.92 Å². The monoisotopic (exact) mass is 221 g/mol. The number of aromatic nitrogens is 2. The highest BCUT2D eigenvalue weighted by Gasteiger charge is 2.08. The number of ether oxygens (including phenoxy) is 1. The molecular formula is C10H11N3OS. The Kier molecular flexibility index (Phi) is 2.55. The zero-order valence-corrected chi connectivity index (χ0v) is 9.34. The largest absolute Gasteiger partial charge is 0.497 e. The van der Waals surface area contributed by atoms with E-state index in [1.54, 1.807) is 7.11 Å². The molecule has 0 unspecified atom stereocenters. The van der Waals surface area contributed by atoms with Gasteiger partial charge in [-0.15, -0.1) is 10.2 Å². The average molecular weight is 221 g/mol. The van der Waals surface area contributed by atoms with E-state index < -0.39 is 0 Å². The quantitative estimate of drug-likeness (QED) is 0.843. The summed E-state index contributed by atoms with van der Waals surface area (Å²) in [6, 6.07) is 5.85. The molecule has 1 heterocycles. The highest BCUT2D eigenvalue weighted by Crippen LogP contribution is 2.30. The molecule has 0 amide bonds. The molecule has 0 saturated heterocycles. The third kappa shape index (κ3) is 1.92. The standard InChI is InChI=1S/C10H11N3OS/c1-6-3-4-7(14-2)5-8(6)9-12-13-10(11)15-9/h3-5H,1-2H3,(H2,11,13). The molecular weight excluding hydrogens is 210 g/mol. The molecule has 2 N–H and O–H groups in total. The lowest BCUT2D eigenvalue weighted by Crippen LogP contribution is -1.87. The Hall–Kier alpha value is -1.62. The first-order valence-electron chi connectivity index (χ1n) is 4.44. The van der Waals surface area contributed by atoms with E-state index >= 15 is 0 Å². The van der Waals surface area contributed by atoms with Crippen LogP contribution >= 0.6 is 11.3 Å². The molecule has 0 saturated carbocycles. The third-order valence-electron chi connectivity index (χ3n) is 2.12. The zero-order valence-electron chi connectivity index (χ0n) is 8.52. The minimum absolute atomic E-state index is 0.479. The van der Waals surface area contributed by atoms with Crippen molar-refractivity contribution in [2.24, 2.45) is 0 Å². The number of nitrogens with two attached hydrogens (primary N) is 1. The van der Waals surface area contributed by atoms with Crippen LogP contribution in [0.4, 0.5) is 5.13 Å². The molecule has 5 heteroatoms. The number of hydrogen-bond acceptors (Lipinski definition) is 5. The van der Waals surface area contributed by atoms with Crippen molar-refractivity contribution in [1.29, 1.82) is 0 Å². The van der Waals surface area contributed by atoms with Gasteiger partial charge >= 0.3 is 0 Å². The number of rotatable bonds is 2. The van der Waals surface area contributed by atoms with Crippen LogP contribution in [0.5, 0.6) is 5.75 Å². The van der Waals surface area contributed by atoms with Crippen molar-refractivity contribution in [3.8, 4) is 16.3 Å². The predicted octanol–water partition coefficient (Wildman–Crippen LogP) is 2.10. The first-order chi connectivity index (χ1) is 7.20. The van der Waals surface area contributed by atoms with E-state index in [9.17, 15) is 0 Å². The Bertz CT molecular complexity index is 481. The fourth-order valence-corrected chi connectivity index (χ4v) is 1.99. The maximum Gasteiger partial charge on any atom is 0.203 e. The summed E-state index contributed by atoms with van der Waals surface area (Å²) in [7, 11) is 1.64. The Morgan fingerprint density at radius 2 is 2.13 bits per heavy atom. The molecule has 4 nitrogen and oxygen atoms in total. The molecule has 1 aromatic carbocycles. The summed E-state index contributed by atoms with van der Waals surface area (Å²) in [5.74, 6) is 0.810. The third-order valence-corrected chi connectivity index (χ3v) is 2.90. The lowest BCUT2D eigenvalue weighted by molar-refractivity contribution is 0.415. The number of methoxy groups -OCH3 is 1. The highest BCUT2D eigenvalue weighted by atomic mass is 32.1. The van der Waals surface area contributed by atoms with Gasteiger partial charge in [-0.1, -0.05) is 17.4 Å². The second-order valence-electron chi connectivity index (χ2n) is 3.13. The summed E-state index contributed by atoms with van der Waals surface area (Å²) >= 11 is 1.37. The maximum atomic E-state index is 5.55. The lowest BCUT2D eigenvalue weighted by Gasteiger charge is -2.04. The van der Waals surface area contributed by atoms with Gasteiger partial charge in [-0.2, -0.15) is 0 Å². The van der Waals surface area contributed by atoms with Gasteiger partial charge in [0, 0.05) is 5.56 Å². The molecule has 0 radical (unpaired) electrons. The number of aryl methyl sites for hydroxylation is 1. The van der Waals surface area contributed by atoms with E-state index in [-0.39, 0.29) is 0 Å². The Morgan fingerprint density at radius 3 is 2.73 bits per heavy atom. The molecule has 2 rings (SSSR count). The van der Waals surface area contributed by atoms with Gasteiger partial charge in [0.2, 0.25) is 5.13 Å². The molecule has 0 aliphatic carbocycles. The van der Waals surface area contributed by atoms with Crippen molar-refractivity contribution >= 4 is 16.5 Å². The maximum absolute atomic E-state index is 5.55. The van der Waals surface area contributed by atoms with E-state index in [0.717, 1.165) is 21.9 Å². The SMILES string of the molecule is COc1ccc(C)c(-c2nnc(N)s2)c1. The number of nitrogens with zero attached hydrogens (tertiary/aromatic N) is 2. The Balaban J connectivity index is 2.51. The average Bonchev–Trinajstić information content (AvgIpc) is 2.65. The summed E-state index contributed by atoms with van der Waals surface area (Å²) in [5.41, 5.74) is 7.70. The van der Waals surface area contributed by atoms with Crippen LogP contribution in [0.3, 0.4) is 0 Å². The summed E-state index contributed by atoms with van der Waals surface area (Å²) in [4.78, 5) is 0. The van der Waals surface area contributed by atoms with Gasteiger partial charge in [0.25, 0.3) is 0 Å². The van der Waals surface area contributed by atoms with Crippen molar-refractivity contribution < 1.29 is 4.74 Å². The molecule has 0 spiro atoms. The zero-order chi connectivity index (χ0) is 10.8. The van der Waals surface area contributed by atoms with Gasteiger partial charge in [-0.3, -0.25) is 0 Å². The fraction of sp³-hybridized carbons (Fsp3) is 0.200. The van der Waals surface area contributed by atoms with Crippen LogP contribution in [0.15, 0.2) is 18.2 Å². The van der Waals surface area contributed by atoms with Crippen LogP contribution in [0.1, 0.15) is 5.56 Å². The molecule has 15 heavy (non-hydrogen) atoms. The van der Waals surface area contributed by atoms with E-state index in [1.807, 2.05) is 25.1 Å². The van der Waals surface area contributed by atoms with Crippen molar-refractivity contribution in [3.05, 3.63) is 23.8 Å². The minimum atomic E-state index is 0.479. The van der Waals surface area contributed by atoms with E-state index in [0.29, 0.717) is 5.13 Å². The Morgan fingerprint density at radius 1 is 1.33 bits per heavy atom. The molecule has 2 aromatic rings. The fourth-order valence-electron chi connectivity index (χ4n) is 1.30. The molecule has 0 aliphatic heterocycles. The summed E-state index contributed by atoms with van der Waals surface area (Å²) in [6.45, 7) is 2.02. The van der Waals surface area contributed by atoms with Crippen molar-refractivity contribution in [2.45, 2.75) is 6.92 Å². The highest BCUT2D eigenvalue weighted by molar-refractivity contribution is 7.18.